The van der Waals surface area contributed by atoms with Gasteiger partial charge in [0.05, 0.1) is 11.9 Å². The lowest BCUT2D eigenvalue weighted by atomic mass is 9.95. The average molecular weight is 489 g/mol. The number of carbonyl (C=O) groups excluding carboxylic acids is 1. The van der Waals surface area contributed by atoms with Gasteiger partial charge in [0.2, 0.25) is 21.9 Å². The summed E-state index contributed by atoms with van der Waals surface area (Å²) in [5.74, 6) is 1.12. The molecule has 4 aromatic rings. The Bertz CT molecular complexity index is 1270. The van der Waals surface area contributed by atoms with Crippen LogP contribution in [0.5, 0.6) is 0 Å². The van der Waals surface area contributed by atoms with Crippen molar-refractivity contribution in [3.05, 3.63) is 54.5 Å². The van der Waals surface area contributed by atoms with E-state index in [1.165, 1.54) is 5.56 Å². The molecule has 6 rings (SSSR count). The first-order valence-electron chi connectivity index (χ1n) is 12.1. The number of rotatable bonds is 4. The summed E-state index contributed by atoms with van der Waals surface area (Å²) in [6.07, 6.45) is 7.23. The highest BCUT2D eigenvalue weighted by Gasteiger charge is 2.31. The number of nitrogens with zero attached hydrogens (tertiary/aromatic N) is 8. The van der Waals surface area contributed by atoms with Crippen LogP contribution in [0.2, 0.25) is 0 Å². The van der Waals surface area contributed by atoms with Crippen molar-refractivity contribution < 1.29 is 4.79 Å². The molecule has 0 bridgehead atoms. The minimum atomic E-state index is 0.0861. The minimum Gasteiger partial charge on any atom is -0.347 e. The summed E-state index contributed by atoms with van der Waals surface area (Å²) >= 11 is 1.61. The fourth-order valence-corrected chi connectivity index (χ4v) is 5.77. The molecule has 0 N–H and O–H groups in total. The molecule has 3 aromatic heterocycles. The number of anilines is 2. The van der Waals surface area contributed by atoms with Crippen molar-refractivity contribution in [2.45, 2.75) is 19.8 Å². The Balaban J connectivity index is 1.04. The molecule has 35 heavy (non-hydrogen) atoms. The fourth-order valence-electron chi connectivity index (χ4n) is 4.84. The third kappa shape index (κ3) is 4.45. The minimum absolute atomic E-state index is 0.0861. The number of benzene rings is 1. The lowest BCUT2D eigenvalue weighted by Crippen LogP contribution is -2.52. The van der Waals surface area contributed by atoms with Gasteiger partial charge in [0.15, 0.2) is 0 Å². The number of piperidine rings is 1. The number of aryl methyl sites for hydroxylation is 1. The molecule has 2 fully saturated rings. The van der Waals surface area contributed by atoms with Crippen LogP contribution >= 0.6 is 11.3 Å². The molecule has 0 unspecified atom stereocenters. The number of hydrogen-bond donors (Lipinski definition) is 0. The summed E-state index contributed by atoms with van der Waals surface area (Å²) in [5.41, 5.74) is 3.28. The second-order valence-corrected chi connectivity index (χ2v) is 10.2. The second-order valence-electron chi connectivity index (χ2n) is 9.23. The van der Waals surface area contributed by atoms with E-state index in [9.17, 15) is 4.79 Å². The summed E-state index contributed by atoms with van der Waals surface area (Å²) in [6, 6.07) is 10.2. The molecule has 0 atom stereocenters. The lowest BCUT2D eigenvalue weighted by molar-refractivity contribution is -0.136. The number of piperazine rings is 1. The van der Waals surface area contributed by atoms with Crippen molar-refractivity contribution in [3.8, 4) is 11.3 Å². The molecular weight excluding hydrogens is 460 g/mol. The molecule has 2 aliphatic heterocycles. The Labute approximate surface area is 208 Å². The zero-order chi connectivity index (χ0) is 23.8. The molecule has 1 aromatic carbocycles. The third-order valence-electron chi connectivity index (χ3n) is 6.92. The van der Waals surface area contributed by atoms with Gasteiger partial charge < -0.3 is 14.7 Å². The standard InChI is InChI=1S/C25H28N8OS/c1-18-3-5-19(6-4-18)21-17-33-24(28-21)35-25(29-33)32-11-7-20(8-12-32)22(34)30-13-15-31(16-14-30)23-26-9-2-10-27-23/h2-6,9-10,17,20H,7-8,11-16H2,1H3. The van der Waals surface area contributed by atoms with E-state index in [1.807, 2.05) is 21.7 Å². The first-order chi connectivity index (χ1) is 17.1. The summed E-state index contributed by atoms with van der Waals surface area (Å²) < 4.78 is 1.88. The Morgan fingerprint density at radius 3 is 2.34 bits per heavy atom. The van der Waals surface area contributed by atoms with E-state index in [0.717, 1.165) is 79.4 Å². The van der Waals surface area contributed by atoms with Crippen molar-refractivity contribution in [1.29, 1.82) is 0 Å². The molecule has 2 saturated heterocycles. The summed E-state index contributed by atoms with van der Waals surface area (Å²) in [4.78, 5) is 34.0. The second kappa shape index (κ2) is 9.26. The van der Waals surface area contributed by atoms with E-state index >= 15 is 0 Å². The molecule has 9 nitrogen and oxygen atoms in total. The zero-order valence-corrected chi connectivity index (χ0v) is 20.6. The maximum Gasteiger partial charge on any atom is 0.225 e. The highest BCUT2D eigenvalue weighted by molar-refractivity contribution is 7.20. The van der Waals surface area contributed by atoms with Crippen LogP contribution in [0.4, 0.5) is 11.1 Å². The molecule has 0 radical (unpaired) electrons. The first-order valence-corrected chi connectivity index (χ1v) is 12.9. The van der Waals surface area contributed by atoms with E-state index in [-0.39, 0.29) is 11.8 Å². The van der Waals surface area contributed by atoms with Gasteiger partial charge in [0.1, 0.15) is 0 Å². The van der Waals surface area contributed by atoms with E-state index in [1.54, 1.807) is 23.7 Å². The normalized spacial score (nSPS) is 17.3. The Hall–Kier alpha value is -3.53. The van der Waals surface area contributed by atoms with Gasteiger partial charge in [0.25, 0.3) is 0 Å². The van der Waals surface area contributed by atoms with E-state index in [4.69, 9.17) is 10.1 Å². The lowest BCUT2D eigenvalue weighted by Gasteiger charge is -2.38. The maximum absolute atomic E-state index is 13.2. The number of imidazole rings is 1. The molecule has 180 valence electrons. The first kappa shape index (κ1) is 22.0. The quantitative estimate of drug-likeness (QED) is 0.436. The van der Waals surface area contributed by atoms with Crippen LogP contribution in [0.15, 0.2) is 48.9 Å². The van der Waals surface area contributed by atoms with Crippen LogP contribution in [0.25, 0.3) is 16.2 Å². The van der Waals surface area contributed by atoms with E-state index < -0.39 is 0 Å². The Kier molecular flexibility index (Phi) is 5.81. The third-order valence-corrected chi connectivity index (χ3v) is 7.90. The monoisotopic (exact) mass is 488 g/mol. The van der Waals surface area contributed by atoms with Gasteiger partial charge in [-0.25, -0.2) is 19.5 Å². The molecule has 1 amide bonds. The van der Waals surface area contributed by atoms with Crippen molar-refractivity contribution in [3.63, 3.8) is 0 Å². The van der Waals surface area contributed by atoms with Gasteiger partial charge in [-0.1, -0.05) is 41.2 Å². The summed E-state index contributed by atoms with van der Waals surface area (Å²) in [5, 5.41) is 5.76. The number of hydrogen-bond acceptors (Lipinski definition) is 8. The molecular formula is C25H28N8OS. The highest BCUT2D eigenvalue weighted by Crippen LogP contribution is 2.30. The number of aromatic nitrogens is 5. The van der Waals surface area contributed by atoms with Gasteiger partial charge in [-0.15, -0.1) is 5.10 Å². The molecule has 2 aliphatic rings. The van der Waals surface area contributed by atoms with Crippen molar-refractivity contribution in [2.75, 3.05) is 49.1 Å². The Morgan fingerprint density at radius 1 is 0.943 bits per heavy atom. The van der Waals surface area contributed by atoms with Crippen molar-refractivity contribution in [1.82, 2.24) is 29.5 Å². The van der Waals surface area contributed by atoms with Crippen LogP contribution < -0.4 is 9.80 Å². The smallest absolute Gasteiger partial charge is 0.225 e. The topological polar surface area (TPSA) is 82.8 Å². The predicted molar refractivity (Wildman–Crippen MR) is 137 cm³/mol. The van der Waals surface area contributed by atoms with Crippen LogP contribution in [0, 0.1) is 12.8 Å². The number of fused-ring (bicyclic) bond motifs is 1. The Morgan fingerprint density at radius 2 is 1.66 bits per heavy atom. The van der Waals surface area contributed by atoms with Gasteiger partial charge >= 0.3 is 0 Å². The molecule has 0 saturated carbocycles. The average Bonchev–Trinajstić information content (AvgIpc) is 3.49. The SMILES string of the molecule is Cc1ccc(-c2cn3nc(N4CCC(C(=O)N5CCN(c6ncccn6)CC5)CC4)sc3n2)cc1. The summed E-state index contributed by atoms with van der Waals surface area (Å²) in [6.45, 7) is 6.78. The van der Waals surface area contributed by atoms with E-state index in [2.05, 4.69) is 51.0 Å². The number of amides is 1. The molecule has 0 aliphatic carbocycles. The predicted octanol–water partition coefficient (Wildman–Crippen LogP) is 3.12. The summed E-state index contributed by atoms with van der Waals surface area (Å²) in [7, 11) is 0. The maximum atomic E-state index is 13.2. The van der Waals surface area contributed by atoms with Crippen molar-refractivity contribution in [2.24, 2.45) is 5.92 Å². The highest BCUT2D eigenvalue weighted by atomic mass is 32.1. The fraction of sp³-hybridized carbons (Fsp3) is 0.400. The van der Waals surface area contributed by atoms with E-state index in [0.29, 0.717) is 0 Å². The number of carbonyl (C=O) groups is 1. The van der Waals surface area contributed by atoms with Crippen LogP contribution in [0.3, 0.4) is 0 Å². The van der Waals surface area contributed by atoms with Gasteiger partial charge in [-0.05, 0) is 25.8 Å². The largest absolute Gasteiger partial charge is 0.347 e. The molecule has 0 spiro atoms. The van der Waals surface area contributed by atoms with Gasteiger partial charge in [0, 0.05) is 63.1 Å². The van der Waals surface area contributed by atoms with Crippen LogP contribution in [-0.4, -0.2) is 74.6 Å². The molecule has 5 heterocycles. The van der Waals surface area contributed by atoms with Crippen LogP contribution in [0.1, 0.15) is 18.4 Å². The van der Waals surface area contributed by atoms with Gasteiger partial charge in [-0.3, -0.25) is 4.79 Å². The zero-order valence-electron chi connectivity index (χ0n) is 19.7. The van der Waals surface area contributed by atoms with Gasteiger partial charge in [-0.2, -0.15) is 0 Å². The van der Waals surface area contributed by atoms with Crippen molar-refractivity contribution >= 4 is 33.3 Å². The molecule has 10 heteroatoms. The van der Waals surface area contributed by atoms with Crippen LogP contribution in [-0.2, 0) is 4.79 Å².